The molecule has 0 fully saturated rings. The number of nitrogens with one attached hydrogen (secondary N) is 2. The van der Waals surface area contributed by atoms with E-state index in [2.05, 4.69) is 31.5 Å². The number of esters is 1. The maximum Gasteiger partial charge on any atom is 0.329 e. The standard InChI is InChI=1S/C21H23BrN4O6/c1-13(2)20(21(29)32-12-14-3-6-16(7-4-14)26(30)31)25-19(28)10-9-18(27)24-17-8-5-15(22)11-23-17/h3-8,11,13,20H,9-10,12H2,1-2H3,(H,25,28)(H,23,24,27). The van der Waals surface area contributed by atoms with E-state index in [1.807, 2.05) is 0 Å². The van der Waals surface area contributed by atoms with Gasteiger partial charge in [0, 0.05) is 35.6 Å². The second-order valence-corrected chi connectivity index (χ2v) is 8.15. The molecule has 2 aromatic rings. The van der Waals surface area contributed by atoms with E-state index in [-0.39, 0.29) is 37.0 Å². The van der Waals surface area contributed by atoms with Gasteiger partial charge < -0.3 is 15.4 Å². The Morgan fingerprint density at radius 1 is 1.09 bits per heavy atom. The minimum atomic E-state index is -0.892. The smallest absolute Gasteiger partial charge is 0.329 e. The second-order valence-electron chi connectivity index (χ2n) is 7.23. The van der Waals surface area contributed by atoms with E-state index in [1.54, 1.807) is 26.0 Å². The van der Waals surface area contributed by atoms with Crippen LogP contribution in [-0.2, 0) is 25.7 Å². The van der Waals surface area contributed by atoms with Gasteiger partial charge >= 0.3 is 5.97 Å². The highest BCUT2D eigenvalue weighted by Gasteiger charge is 2.26. The summed E-state index contributed by atoms with van der Waals surface area (Å²) in [5.41, 5.74) is 0.517. The first-order chi connectivity index (χ1) is 15.2. The molecule has 0 saturated heterocycles. The molecule has 1 aromatic heterocycles. The Balaban J connectivity index is 1.82. The monoisotopic (exact) mass is 506 g/mol. The van der Waals surface area contributed by atoms with Crippen LogP contribution >= 0.6 is 15.9 Å². The molecule has 10 nitrogen and oxygen atoms in total. The highest BCUT2D eigenvalue weighted by molar-refractivity contribution is 9.10. The zero-order chi connectivity index (χ0) is 23.7. The van der Waals surface area contributed by atoms with Gasteiger partial charge in [-0.2, -0.15) is 0 Å². The lowest BCUT2D eigenvalue weighted by Crippen LogP contribution is -2.45. The van der Waals surface area contributed by atoms with Crippen molar-refractivity contribution in [2.45, 2.75) is 39.3 Å². The predicted molar refractivity (Wildman–Crippen MR) is 119 cm³/mol. The SMILES string of the molecule is CC(C)C(NC(=O)CCC(=O)Nc1ccc(Br)cn1)C(=O)OCc1ccc([N+](=O)[O-])cc1. The number of pyridine rings is 1. The first-order valence-electron chi connectivity index (χ1n) is 9.76. The number of nitrogens with zero attached hydrogens (tertiary/aromatic N) is 2. The maximum atomic E-state index is 12.4. The van der Waals surface area contributed by atoms with Crippen LogP contribution in [0.25, 0.3) is 0 Å². The molecule has 2 N–H and O–H groups in total. The summed E-state index contributed by atoms with van der Waals surface area (Å²) < 4.78 is 6.03. The molecule has 0 aliphatic carbocycles. The van der Waals surface area contributed by atoms with Crippen molar-refractivity contribution in [2.75, 3.05) is 5.32 Å². The molecule has 170 valence electrons. The molecule has 0 spiro atoms. The van der Waals surface area contributed by atoms with Crippen LogP contribution in [0.4, 0.5) is 11.5 Å². The summed E-state index contributed by atoms with van der Waals surface area (Å²) in [5.74, 6) is -1.35. The van der Waals surface area contributed by atoms with Gasteiger partial charge in [0.1, 0.15) is 18.5 Å². The van der Waals surface area contributed by atoms with Crippen molar-refractivity contribution in [3.63, 3.8) is 0 Å². The van der Waals surface area contributed by atoms with Crippen molar-refractivity contribution in [1.29, 1.82) is 0 Å². The minimum Gasteiger partial charge on any atom is -0.459 e. The zero-order valence-electron chi connectivity index (χ0n) is 17.5. The number of hydrogen-bond donors (Lipinski definition) is 2. The van der Waals surface area contributed by atoms with E-state index >= 15 is 0 Å². The molecule has 2 amide bonds. The summed E-state index contributed by atoms with van der Waals surface area (Å²) in [4.78, 5) is 50.9. The summed E-state index contributed by atoms with van der Waals surface area (Å²) in [5, 5.41) is 15.9. The summed E-state index contributed by atoms with van der Waals surface area (Å²) >= 11 is 3.25. The van der Waals surface area contributed by atoms with Crippen LogP contribution in [0.5, 0.6) is 0 Å². The van der Waals surface area contributed by atoms with Crippen molar-refractivity contribution in [1.82, 2.24) is 10.3 Å². The number of hydrogen-bond acceptors (Lipinski definition) is 7. The lowest BCUT2D eigenvalue weighted by molar-refractivity contribution is -0.384. The lowest BCUT2D eigenvalue weighted by atomic mass is 10.0. The van der Waals surface area contributed by atoms with Crippen molar-refractivity contribution < 1.29 is 24.0 Å². The number of nitro benzene ring substituents is 1. The highest BCUT2D eigenvalue weighted by atomic mass is 79.9. The van der Waals surface area contributed by atoms with Crippen molar-refractivity contribution in [3.8, 4) is 0 Å². The molecule has 1 atom stereocenters. The number of anilines is 1. The first kappa shape index (κ1) is 24.9. The molecule has 0 aliphatic heterocycles. The van der Waals surface area contributed by atoms with Gasteiger partial charge in [-0.25, -0.2) is 9.78 Å². The third kappa shape index (κ3) is 8.06. The number of amides is 2. The van der Waals surface area contributed by atoms with E-state index in [4.69, 9.17) is 4.74 Å². The van der Waals surface area contributed by atoms with Gasteiger partial charge in [-0.3, -0.25) is 19.7 Å². The summed E-state index contributed by atoms with van der Waals surface area (Å²) in [7, 11) is 0. The third-order valence-corrected chi connectivity index (χ3v) is 4.81. The van der Waals surface area contributed by atoms with Gasteiger partial charge in [-0.05, 0) is 51.7 Å². The number of non-ortho nitro benzene ring substituents is 1. The summed E-state index contributed by atoms with van der Waals surface area (Å²) in [6, 6.07) is 8.08. The summed E-state index contributed by atoms with van der Waals surface area (Å²) in [6.07, 6.45) is 1.35. The van der Waals surface area contributed by atoms with Crippen LogP contribution in [0.15, 0.2) is 47.1 Å². The Hall–Kier alpha value is -3.34. The molecule has 0 saturated carbocycles. The van der Waals surface area contributed by atoms with E-state index in [0.717, 1.165) is 4.47 Å². The van der Waals surface area contributed by atoms with E-state index < -0.39 is 22.8 Å². The van der Waals surface area contributed by atoms with Crippen LogP contribution in [0.3, 0.4) is 0 Å². The molecule has 11 heteroatoms. The van der Waals surface area contributed by atoms with Gasteiger partial charge in [0.25, 0.3) is 5.69 Å². The van der Waals surface area contributed by atoms with Gasteiger partial charge in [-0.15, -0.1) is 0 Å². The van der Waals surface area contributed by atoms with Crippen LogP contribution in [0.1, 0.15) is 32.3 Å². The quantitative estimate of drug-likeness (QED) is 0.286. The molecule has 0 bridgehead atoms. The minimum absolute atomic E-state index is 0.0626. The Labute approximate surface area is 193 Å². The van der Waals surface area contributed by atoms with Gasteiger partial charge in [-0.1, -0.05) is 13.8 Å². The number of carbonyl (C=O) groups excluding carboxylic acids is 3. The third-order valence-electron chi connectivity index (χ3n) is 4.34. The van der Waals surface area contributed by atoms with Gasteiger partial charge in [0.2, 0.25) is 11.8 Å². The van der Waals surface area contributed by atoms with Gasteiger partial charge in [0.05, 0.1) is 4.92 Å². The maximum absolute atomic E-state index is 12.4. The highest BCUT2D eigenvalue weighted by Crippen LogP contribution is 2.14. The Morgan fingerprint density at radius 2 is 1.75 bits per heavy atom. The molecule has 1 heterocycles. The number of aromatic nitrogens is 1. The fourth-order valence-corrected chi connectivity index (χ4v) is 2.82. The summed E-state index contributed by atoms with van der Waals surface area (Å²) in [6.45, 7) is 3.42. The molecule has 0 radical (unpaired) electrons. The fourth-order valence-electron chi connectivity index (χ4n) is 2.58. The second kappa shape index (κ2) is 11.9. The molecular weight excluding hydrogens is 484 g/mol. The molecule has 2 rings (SSSR count). The number of carbonyl (C=O) groups is 3. The average Bonchev–Trinajstić information content (AvgIpc) is 2.76. The van der Waals surface area contributed by atoms with Crippen molar-refractivity contribution in [2.24, 2.45) is 5.92 Å². The number of rotatable bonds is 10. The Morgan fingerprint density at radius 3 is 2.31 bits per heavy atom. The van der Waals surface area contributed by atoms with Crippen molar-refractivity contribution >= 4 is 45.2 Å². The van der Waals surface area contributed by atoms with E-state index in [0.29, 0.717) is 11.4 Å². The van der Waals surface area contributed by atoms with Crippen LogP contribution in [-0.4, -0.2) is 33.7 Å². The molecular formula is C21H23BrN4O6. The molecule has 1 unspecified atom stereocenters. The Bertz CT molecular complexity index is 963. The topological polar surface area (TPSA) is 141 Å². The predicted octanol–water partition coefficient (Wildman–Crippen LogP) is 3.36. The van der Waals surface area contributed by atoms with Crippen LogP contribution < -0.4 is 10.6 Å². The largest absolute Gasteiger partial charge is 0.459 e. The van der Waals surface area contributed by atoms with E-state index in [1.165, 1.54) is 30.5 Å². The normalized spacial score (nSPS) is 11.5. The number of halogens is 1. The number of ether oxygens (including phenoxy) is 1. The average molecular weight is 507 g/mol. The Kier molecular flexibility index (Phi) is 9.26. The van der Waals surface area contributed by atoms with Crippen LogP contribution in [0, 0.1) is 16.0 Å². The van der Waals surface area contributed by atoms with Gasteiger partial charge in [0.15, 0.2) is 0 Å². The molecule has 1 aromatic carbocycles. The lowest BCUT2D eigenvalue weighted by Gasteiger charge is -2.21. The first-order valence-corrected chi connectivity index (χ1v) is 10.6. The number of nitro groups is 1. The number of benzene rings is 1. The molecule has 0 aliphatic rings. The van der Waals surface area contributed by atoms with Crippen molar-refractivity contribution in [3.05, 3.63) is 62.7 Å². The fraction of sp³-hybridized carbons (Fsp3) is 0.333. The van der Waals surface area contributed by atoms with E-state index in [9.17, 15) is 24.5 Å². The zero-order valence-corrected chi connectivity index (χ0v) is 19.1. The van der Waals surface area contributed by atoms with Crippen LogP contribution in [0.2, 0.25) is 0 Å². The molecule has 32 heavy (non-hydrogen) atoms.